The quantitative estimate of drug-likeness (QED) is 0.491. The first-order valence-electron chi connectivity index (χ1n) is 9.49. The predicted octanol–water partition coefficient (Wildman–Crippen LogP) is 3.84. The average Bonchev–Trinajstić information content (AvgIpc) is 3.14. The third-order valence-electron chi connectivity index (χ3n) is 5.09. The molecule has 0 fully saturated rings. The van der Waals surface area contributed by atoms with E-state index in [1.807, 2.05) is 30.3 Å². The molecule has 1 aliphatic heterocycles. The minimum absolute atomic E-state index is 0.158. The molecule has 5 rings (SSSR count). The summed E-state index contributed by atoms with van der Waals surface area (Å²) < 4.78 is 50.6. The van der Waals surface area contributed by atoms with Gasteiger partial charge < -0.3 is 14.5 Å². The average molecular weight is 437 g/mol. The monoisotopic (exact) mass is 437 g/mol. The number of aromatic nitrogens is 1. The van der Waals surface area contributed by atoms with Gasteiger partial charge >= 0.3 is 0 Å². The Bertz CT molecular complexity index is 1450. The number of aromatic amines is 1. The molecule has 0 saturated carbocycles. The number of fused-ring (bicyclic) bond motifs is 2. The van der Waals surface area contributed by atoms with Gasteiger partial charge in [0.1, 0.15) is 10.7 Å². The molecule has 0 spiro atoms. The molecule has 1 atom stereocenters. The second kappa shape index (κ2) is 7.24. The molecule has 0 radical (unpaired) electrons. The summed E-state index contributed by atoms with van der Waals surface area (Å²) in [7, 11) is -4.13. The van der Waals surface area contributed by atoms with E-state index in [2.05, 4.69) is 4.98 Å². The molecular formula is C23H16FNO5S. The zero-order chi connectivity index (χ0) is 21.6. The highest BCUT2D eigenvalue weighted by Gasteiger charge is 2.28. The first kappa shape index (κ1) is 19.3. The topological polar surface area (TPSA) is 85.5 Å². The van der Waals surface area contributed by atoms with Gasteiger partial charge in [0.25, 0.3) is 0 Å². The van der Waals surface area contributed by atoms with Crippen molar-refractivity contribution < 1.29 is 22.3 Å². The molecule has 2 heterocycles. The van der Waals surface area contributed by atoms with Crippen molar-refractivity contribution in [3.8, 4) is 11.5 Å². The smallest absolute Gasteiger partial charge is 0.245 e. The van der Waals surface area contributed by atoms with E-state index in [1.54, 1.807) is 6.07 Å². The fourth-order valence-electron chi connectivity index (χ4n) is 3.53. The van der Waals surface area contributed by atoms with Crippen molar-refractivity contribution in [3.63, 3.8) is 0 Å². The molecule has 1 unspecified atom stereocenters. The molecule has 0 amide bonds. The van der Waals surface area contributed by atoms with E-state index in [4.69, 9.17) is 9.47 Å². The Balaban J connectivity index is 1.52. The highest BCUT2D eigenvalue weighted by molar-refractivity contribution is 7.91. The summed E-state index contributed by atoms with van der Waals surface area (Å²) in [6, 6.07) is 17.1. The van der Waals surface area contributed by atoms with E-state index in [0.29, 0.717) is 23.4 Å². The van der Waals surface area contributed by atoms with Crippen molar-refractivity contribution in [2.45, 2.75) is 22.5 Å². The summed E-state index contributed by atoms with van der Waals surface area (Å²) in [5.41, 5.74) is 0.787. The molecule has 1 aromatic heterocycles. The number of pyridine rings is 1. The minimum atomic E-state index is -4.13. The number of nitrogens with one attached hydrogen (secondary N) is 1. The zero-order valence-corrected chi connectivity index (χ0v) is 16.9. The zero-order valence-electron chi connectivity index (χ0n) is 16.0. The van der Waals surface area contributed by atoms with Crippen molar-refractivity contribution in [2.75, 3.05) is 0 Å². The van der Waals surface area contributed by atoms with Crippen LogP contribution in [0.4, 0.5) is 4.39 Å². The summed E-state index contributed by atoms with van der Waals surface area (Å²) in [5, 5.41) is 0.158. The van der Waals surface area contributed by atoms with Crippen molar-refractivity contribution in [3.05, 3.63) is 94.5 Å². The van der Waals surface area contributed by atoms with Crippen LogP contribution < -0.4 is 14.9 Å². The Morgan fingerprint density at radius 2 is 1.61 bits per heavy atom. The molecule has 8 heteroatoms. The van der Waals surface area contributed by atoms with E-state index >= 15 is 0 Å². The maximum atomic E-state index is 13.2. The van der Waals surface area contributed by atoms with Crippen LogP contribution in [-0.4, -0.2) is 19.7 Å². The number of ether oxygens (including phenoxy) is 2. The number of rotatable bonds is 4. The van der Waals surface area contributed by atoms with Crippen LogP contribution in [-0.2, 0) is 16.3 Å². The summed E-state index contributed by atoms with van der Waals surface area (Å²) >= 11 is 0. The third-order valence-corrected chi connectivity index (χ3v) is 6.86. The van der Waals surface area contributed by atoms with Crippen LogP contribution in [0.25, 0.3) is 10.9 Å². The second-order valence-corrected chi connectivity index (χ2v) is 9.06. The first-order chi connectivity index (χ1) is 14.9. The lowest BCUT2D eigenvalue weighted by Crippen LogP contribution is -2.20. The van der Waals surface area contributed by atoms with E-state index in [9.17, 15) is 17.6 Å². The summed E-state index contributed by atoms with van der Waals surface area (Å²) in [5.74, 6) is 0.276. The van der Waals surface area contributed by atoms with Gasteiger partial charge in [-0.05, 0) is 35.9 Å². The maximum absolute atomic E-state index is 13.2. The number of sulfone groups is 1. The Morgan fingerprint density at radius 1 is 0.935 bits per heavy atom. The maximum Gasteiger partial charge on any atom is 0.245 e. The van der Waals surface area contributed by atoms with Gasteiger partial charge in [-0.25, -0.2) is 12.8 Å². The van der Waals surface area contributed by atoms with Gasteiger partial charge in [-0.15, -0.1) is 0 Å². The van der Waals surface area contributed by atoms with Crippen LogP contribution in [0.15, 0.2) is 87.5 Å². The summed E-state index contributed by atoms with van der Waals surface area (Å²) in [4.78, 5) is 15.3. The first-order valence-corrected chi connectivity index (χ1v) is 11.0. The Hall–Kier alpha value is -3.65. The lowest BCUT2D eigenvalue weighted by atomic mass is 10.1. The molecular weight excluding hydrogens is 421 g/mol. The molecule has 1 aliphatic rings. The molecule has 31 heavy (non-hydrogen) atoms. The van der Waals surface area contributed by atoms with Gasteiger partial charge in [-0.2, -0.15) is 0 Å². The van der Waals surface area contributed by atoms with Crippen LogP contribution in [0, 0.1) is 5.82 Å². The van der Waals surface area contributed by atoms with Gasteiger partial charge in [0.15, 0.2) is 11.5 Å². The number of H-pyrrole nitrogens is 1. The minimum Gasteiger partial charge on any atom is -0.451 e. The standard InChI is InChI=1S/C23H16FNO5S/c24-15-6-8-16(9-7-15)31(27,28)21-13-25-18-12-20-19(11-17(18)23(21)26)29-22(30-20)10-14-4-2-1-3-5-14/h1-9,11-13,22H,10H2,(H,25,26). The highest BCUT2D eigenvalue weighted by Crippen LogP contribution is 2.38. The number of halogens is 1. The SMILES string of the molecule is O=c1c(S(=O)(=O)c2ccc(F)cc2)c[nH]c2cc3c(cc12)OC(Cc1ccccc1)O3. The molecule has 0 saturated heterocycles. The van der Waals surface area contributed by atoms with Crippen molar-refractivity contribution in [1.29, 1.82) is 0 Å². The van der Waals surface area contributed by atoms with Gasteiger partial charge in [0, 0.05) is 18.7 Å². The molecule has 1 N–H and O–H groups in total. The van der Waals surface area contributed by atoms with Gasteiger partial charge in [0.05, 0.1) is 15.8 Å². The number of hydrogen-bond acceptors (Lipinski definition) is 5. The third kappa shape index (κ3) is 3.44. The van der Waals surface area contributed by atoms with Crippen molar-refractivity contribution >= 4 is 20.7 Å². The summed E-state index contributed by atoms with van der Waals surface area (Å²) in [6.07, 6.45) is 1.11. The molecule has 6 nitrogen and oxygen atoms in total. The largest absolute Gasteiger partial charge is 0.451 e. The predicted molar refractivity (Wildman–Crippen MR) is 112 cm³/mol. The summed E-state index contributed by atoms with van der Waals surface area (Å²) in [6.45, 7) is 0. The number of hydrogen-bond donors (Lipinski definition) is 1. The van der Waals surface area contributed by atoms with Crippen LogP contribution >= 0.6 is 0 Å². The van der Waals surface area contributed by atoms with E-state index in [0.717, 1.165) is 36.0 Å². The second-order valence-electron chi connectivity index (χ2n) is 7.14. The van der Waals surface area contributed by atoms with Gasteiger partial charge in [0.2, 0.25) is 21.6 Å². The van der Waals surface area contributed by atoms with Gasteiger partial charge in [-0.1, -0.05) is 30.3 Å². The van der Waals surface area contributed by atoms with E-state index < -0.39 is 32.3 Å². The normalized spacial score (nSPS) is 15.3. The van der Waals surface area contributed by atoms with E-state index in [1.165, 1.54) is 6.07 Å². The highest BCUT2D eigenvalue weighted by atomic mass is 32.2. The molecule has 0 bridgehead atoms. The molecule has 3 aromatic carbocycles. The fraction of sp³-hybridized carbons (Fsp3) is 0.0870. The van der Waals surface area contributed by atoms with E-state index in [-0.39, 0.29) is 10.3 Å². The number of benzene rings is 3. The van der Waals surface area contributed by atoms with Crippen LogP contribution in [0.2, 0.25) is 0 Å². The van der Waals surface area contributed by atoms with Crippen LogP contribution in [0.3, 0.4) is 0 Å². The molecule has 156 valence electrons. The fourth-order valence-corrected chi connectivity index (χ4v) is 4.85. The Labute approximate surface area is 176 Å². The molecule has 4 aromatic rings. The molecule has 0 aliphatic carbocycles. The lowest BCUT2D eigenvalue weighted by Gasteiger charge is -2.09. The lowest BCUT2D eigenvalue weighted by molar-refractivity contribution is 0.0503. The van der Waals surface area contributed by atoms with Gasteiger partial charge in [-0.3, -0.25) is 4.79 Å². The van der Waals surface area contributed by atoms with Crippen molar-refractivity contribution in [2.24, 2.45) is 0 Å². The Kier molecular flexibility index (Phi) is 4.51. The van der Waals surface area contributed by atoms with Crippen LogP contribution in [0.5, 0.6) is 11.5 Å². The van der Waals surface area contributed by atoms with Crippen molar-refractivity contribution in [1.82, 2.24) is 4.98 Å². The van der Waals surface area contributed by atoms with Crippen LogP contribution in [0.1, 0.15) is 5.56 Å². The Morgan fingerprint density at radius 3 is 2.32 bits per heavy atom.